The van der Waals surface area contributed by atoms with Crippen molar-refractivity contribution in [1.29, 1.82) is 0 Å². The normalized spacial score (nSPS) is 12.2. The topological polar surface area (TPSA) is 81.1 Å². The summed E-state index contributed by atoms with van der Waals surface area (Å²) in [5.41, 5.74) is 9.66. The smallest absolute Gasteiger partial charge is 0.255 e. The second-order valence-electron chi connectivity index (χ2n) is 3.08. The minimum absolute atomic E-state index is 0.380. The first-order valence-corrected chi connectivity index (χ1v) is 4.54. The standard InChI is InChI=1S/C10H15N3O/c1-2-7-3-5-8(6-4-7)9(11)10(14)13-12/h3-6,9H,2,11-12H2,1H3,(H,13,14). The van der Waals surface area contributed by atoms with Gasteiger partial charge in [0.25, 0.3) is 5.91 Å². The van der Waals surface area contributed by atoms with E-state index in [9.17, 15) is 4.79 Å². The predicted molar refractivity (Wildman–Crippen MR) is 55.1 cm³/mol. The molecular weight excluding hydrogens is 178 g/mol. The van der Waals surface area contributed by atoms with Crippen molar-refractivity contribution in [2.75, 3.05) is 0 Å². The van der Waals surface area contributed by atoms with E-state index in [0.29, 0.717) is 0 Å². The molecule has 0 heterocycles. The van der Waals surface area contributed by atoms with Crippen LogP contribution in [-0.4, -0.2) is 5.91 Å². The maximum atomic E-state index is 11.1. The Bertz CT molecular complexity index is 308. The summed E-state index contributed by atoms with van der Waals surface area (Å²) in [6.45, 7) is 2.07. The first-order valence-electron chi connectivity index (χ1n) is 4.54. The number of hydrazine groups is 1. The van der Waals surface area contributed by atoms with E-state index in [1.54, 1.807) is 0 Å². The molecule has 1 amide bonds. The van der Waals surface area contributed by atoms with E-state index in [4.69, 9.17) is 11.6 Å². The van der Waals surface area contributed by atoms with E-state index in [2.05, 4.69) is 6.92 Å². The average molecular weight is 193 g/mol. The molecular formula is C10H15N3O. The highest BCUT2D eigenvalue weighted by Crippen LogP contribution is 2.11. The van der Waals surface area contributed by atoms with Gasteiger partial charge in [0.2, 0.25) is 0 Å². The van der Waals surface area contributed by atoms with Gasteiger partial charge in [-0.25, -0.2) is 5.84 Å². The number of hydrogen-bond donors (Lipinski definition) is 3. The van der Waals surface area contributed by atoms with Gasteiger partial charge in [-0.2, -0.15) is 0 Å². The molecule has 14 heavy (non-hydrogen) atoms. The SMILES string of the molecule is CCc1ccc(C(N)C(=O)NN)cc1. The Balaban J connectivity index is 2.81. The van der Waals surface area contributed by atoms with Crippen LogP contribution in [0.2, 0.25) is 0 Å². The van der Waals surface area contributed by atoms with Crippen LogP contribution in [0.4, 0.5) is 0 Å². The Morgan fingerprint density at radius 2 is 2.00 bits per heavy atom. The molecule has 76 valence electrons. The molecule has 0 saturated carbocycles. The highest BCUT2D eigenvalue weighted by Gasteiger charge is 2.13. The van der Waals surface area contributed by atoms with Crippen molar-refractivity contribution in [2.45, 2.75) is 19.4 Å². The summed E-state index contributed by atoms with van der Waals surface area (Å²) in [6.07, 6.45) is 0.971. The minimum atomic E-state index is -0.689. The lowest BCUT2D eigenvalue weighted by Crippen LogP contribution is -2.38. The molecule has 1 atom stereocenters. The molecule has 0 spiro atoms. The summed E-state index contributed by atoms with van der Waals surface area (Å²) in [7, 11) is 0. The number of carbonyl (C=O) groups is 1. The molecule has 0 aliphatic carbocycles. The van der Waals surface area contributed by atoms with Crippen LogP contribution in [0, 0.1) is 0 Å². The van der Waals surface area contributed by atoms with Crippen LogP contribution < -0.4 is 17.0 Å². The molecule has 0 bridgehead atoms. The van der Waals surface area contributed by atoms with Crippen LogP contribution in [0.15, 0.2) is 24.3 Å². The van der Waals surface area contributed by atoms with Crippen molar-refractivity contribution < 1.29 is 4.79 Å². The average Bonchev–Trinajstić information content (AvgIpc) is 2.27. The Hall–Kier alpha value is -1.39. The maximum Gasteiger partial charge on any atom is 0.255 e. The van der Waals surface area contributed by atoms with Crippen LogP contribution in [0.3, 0.4) is 0 Å². The van der Waals surface area contributed by atoms with Gasteiger partial charge in [-0.1, -0.05) is 31.2 Å². The van der Waals surface area contributed by atoms with E-state index >= 15 is 0 Å². The maximum absolute atomic E-state index is 11.1. The third-order valence-corrected chi connectivity index (χ3v) is 2.17. The molecule has 0 aliphatic heterocycles. The van der Waals surface area contributed by atoms with Crippen molar-refractivity contribution in [2.24, 2.45) is 11.6 Å². The molecule has 1 unspecified atom stereocenters. The van der Waals surface area contributed by atoms with E-state index in [-0.39, 0.29) is 5.91 Å². The summed E-state index contributed by atoms with van der Waals surface area (Å²) < 4.78 is 0. The van der Waals surface area contributed by atoms with Crippen molar-refractivity contribution in [3.8, 4) is 0 Å². The van der Waals surface area contributed by atoms with Gasteiger partial charge < -0.3 is 5.73 Å². The summed E-state index contributed by atoms with van der Waals surface area (Å²) >= 11 is 0. The van der Waals surface area contributed by atoms with E-state index < -0.39 is 6.04 Å². The first-order chi connectivity index (χ1) is 6.69. The number of amides is 1. The van der Waals surface area contributed by atoms with E-state index in [0.717, 1.165) is 12.0 Å². The van der Waals surface area contributed by atoms with Crippen LogP contribution in [-0.2, 0) is 11.2 Å². The molecule has 0 aromatic heterocycles. The van der Waals surface area contributed by atoms with Crippen LogP contribution >= 0.6 is 0 Å². The minimum Gasteiger partial charge on any atom is -0.316 e. The second-order valence-corrected chi connectivity index (χ2v) is 3.08. The van der Waals surface area contributed by atoms with Crippen LogP contribution in [0.1, 0.15) is 24.1 Å². The van der Waals surface area contributed by atoms with Crippen molar-refractivity contribution in [1.82, 2.24) is 5.43 Å². The van der Waals surface area contributed by atoms with Gasteiger partial charge in [0.15, 0.2) is 0 Å². The number of nitrogens with one attached hydrogen (secondary N) is 1. The predicted octanol–water partition coefficient (Wildman–Crippen LogP) is 0.239. The summed E-state index contributed by atoms with van der Waals surface area (Å²) in [6, 6.07) is 6.92. The zero-order valence-corrected chi connectivity index (χ0v) is 8.16. The second kappa shape index (κ2) is 4.74. The van der Waals surface area contributed by atoms with Gasteiger partial charge >= 0.3 is 0 Å². The van der Waals surface area contributed by atoms with E-state index in [1.165, 1.54) is 5.56 Å². The summed E-state index contributed by atoms with van der Waals surface area (Å²) in [5, 5.41) is 0. The fraction of sp³-hybridized carbons (Fsp3) is 0.300. The fourth-order valence-electron chi connectivity index (χ4n) is 1.20. The number of hydrogen-bond acceptors (Lipinski definition) is 3. The molecule has 4 nitrogen and oxygen atoms in total. The summed E-state index contributed by atoms with van der Waals surface area (Å²) in [5.74, 6) is 4.61. The van der Waals surface area contributed by atoms with Crippen molar-refractivity contribution in [3.05, 3.63) is 35.4 Å². The Labute approximate surface area is 83.3 Å². The Morgan fingerprint density at radius 3 is 2.43 bits per heavy atom. The lowest BCUT2D eigenvalue weighted by atomic mass is 10.0. The zero-order chi connectivity index (χ0) is 10.6. The molecule has 1 rings (SSSR count). The molecule has 4 heteroatoms. The lowest BCUT2D eigenvalue weighted by Gasteiger charge is -2.10. The monoisotopic (exact) mass is 193 g/mol. The highest BCUT2D eigenvalue weighted by molar-refractivity contribution is 5.82. The molecule has 5 N–H and O–H groups in total. The van der Waals surface area contributed by atoms with Gasteiger partial charge in [-0.05, 0) is 17.5 Å². The summed E-state index contributed by atoms with van der Waals surface area (Å²) in [4.78, 5) is 11.1. The number of nitrogens with two attached hydrogens (primary N) is 2. The number of aryl methyl sites for hydroxylation is 1. The Kier molecular flexibility index (Phi) is 3.62. The largest absolute Gasteiger partial charge is 0.316 e. The molecule has 1 aromatic rings. The third kappa shape index (κ3) is 2.31. The molecule has 1 aromatic carbocycles. The number of carbonyl (C=O) groups excluding carboxylic acids is 1. The quantitative estimate of drug-likeness (QED) is 0.365. The molecule has 0 saturated heterocycles. The van der Waals surface area contributed by atoms with Gasteiger partial charge in [0, 0.05) is 0 Å². The van der Waals surface area contributed by atoms with E-state index in [1.807, 2.05) is 29.7 Å². The number of benzene rings is 1. The number of rotatable bonds is 3. The van der Waals surface area contributed by atoms with Crippen molar-refractivity contribution in [3.63, 3.8) is 0 Å². The molecule has 0 aliphatic rings. The third-order valence-electron chi connectivity index (χ3n) is 2.17. The molecule has 0 radical (unpaired) electrons. The highest BCUT2D eigenvalue weighted by atomic mass is 16.2. The lowest BCUT2D eigenvalue weighted by molar-refractivity contribution is -0.122. The van der Waals surface area contributed by atoms with Crippen molar-refractivity contribution >= 4 is 5.91 Å². The van der Waals surface area contributed by atoms with Gasteiger partial charge in [0.1, 0.15) is 6.04 Å². The van der Waals surface area contributed by atoms with Gasteiger partial charge in [-0.15, -0.1) is 0 Å². The van der Waals surface area contributed by atoms with Crippen LogP contribution in [0.5, 0.6) is 0 Å². The van der Waals surface area contributed by atoms with Crippen LogP contribution in [0.25, 0.3) is 0 Å². The molecule has 0 fully saturated rings. The van der Waals surface area contributed by atoms with Gasteiger partial charge in [-0.3, -0.25) is 10.2 Å². The first kappa shape index (κ1) is 10.7. The Morgan fingerprint density at radius 1 is 1.43 bits per heavy atom. The van der Waals surface area contributed by atoms with Gasteiger partial charge in [0.05, 0.1) is 0 Å². The fourth-order valence-corrected chi connectivity index (χ4v) is 1.20. The zero-order valence-electron chi connectivity index (χ0n) is 8.16.